The van der Waals surface area contributed by atoms with Crippen LogP contribution in [0.4, 0.5) is 0 Å². The van der Waals surface area contributed by atoms with Gasteiger partial charge in [-0.05, 0) is 38.3 Å². The molecule has 1 aromatic heterocycles. The summed E-state index contributed by atoms with van der Waals surface area (Å²) in [5.41, 5.74) is 6.73. The largest absolute Gasteiger partial charge is 0.330 e. The Morgan fingerprint density at radius 3 is 2.79 bits per heavy atom. The van der Waals surface area contributed by atoms with E-state index in [9.17, 15) is 0 Å². The minimum atomic E-state index is 0.497. The smallest absolute Gasteiger partial charge is 0.0627 e. The van der Waals surface area contributed by atoms with Crippen molar-refractivity contribution >= 4 is 0 Å². The van der Waals surface area contributed by atoms with Crippen molar-refractivity contribution in [1.29, 1.82) is 0 Å². The van der Waals surface area contributed by atoms with Gasteiger partial charge < -0.3 is 5.73 Å². The fourth-order valence-corrected chi connectivity index (χ4v) is 1.36. The van der Waals surface area contributed by atoms with E-state index < -0.39 is 0 Å². The quantitative estimate of drug-likeness (QED) is 0.781. The molecular weight excluding hydrogens is 174 g/mol. The molecule has 0 aliphatic carbocycles. The van der Waals surface area contributed by atoms with Crippen molar-refractivity contribution in [2.24, 2.45) is 11.7 Å². The lowest BCUT2D eigenvalue weighted by atomic mass is 10.1. The molecule has 14 heavy (non-hydrogen) atoms. The van der Waals surface area contributed by atoms with E-state index in [1.165, 1.54) is 0 Å². The average Bonchev–Trinajstić information content (AvgIpc) is 2.65. The molecular formula is C11H21N3. The fraction of sp³-hybridized carbons (Fsp3) is 0.727. The average molecular weight is 195 g/mol. The topological polar surface area (TPSA) is 43.8 Å². The molecule has 0 aliphatic heterocycles. The lowest BCUT2D eigenvalue weighted by molar-refractivity contribution is 0.468. The van der Waals surface area contributed by atoms with Crippen molar-refractivity contribution in [3.63, 3.8) is 0 Å². The van der Waals surface area contributed by atoms with Crippen LogP contribution in [0, 0.1) is 5.92 Å². The van der Waals surface area contributed by atoms with Crippen LogP contribution in [-0.2, 0) is 6.42 Å². The van der Waals surface area contributed by atoms with Gasteiger partial charge in [-0.2, -0.15) is 5.10 Å². The van der Waals surface area contributed by atoms with E-state index in [1.54, 1.807) is 0 Å². The van der Waals surface area contributed by atoms with Gasteiger partial charge in [0, 0.05) is 12.2 Å². The van der Waals surface area contributed by atoms with Crippen LogP contribution in [0.15, 0.2) is 12.3 Å². The Kier molecular flexibility index (Phi) is 4.14. The third kappa shape index (κ3) is 2.84. The number of nitrogens with two attached hydrogens (primary N) is 1. The maximum atomic E-state index is 5.58. The van der Waals surface area contributed by atoms with E-state index >= 15 is 0 Å². The van der Waals surface area contributed by atoms with Gasteiger partial charge in [-0.25, -0.2) is 0 Å². The Labute approximate surface area is 86.3 Å². The highest BCUT2D eigenvalue weighted by molar-refractivity contribution is 5.00. The molecule has 3 heteroatoms. The molecule has 0 fully saturated rings. The van der Waals surface area contributed by atoms with Crippen LogP contribution in [0.1, 0.15) is 38.9 Å². The molecule has 1 rings (SSSR count). The third-order valence-corrected chi connectivity index (χ3v) is 2.67. The normalized spacial score (nSPS) is 15.4. The summed E-state index contributed by atoms with van der Waals surface area (Å²) in [6, 6.07) is 2.59. The van der Waals surface area contributed by atoms with Crippen LogP contribution in [0.2, 0.25) is 0 Å². The van der Waals surface area contributed by atoms with Crippen molar-refractivity contribution < 1.29 is 0 Å². The first-order valence-corrected chi connectivity index (χ1v) is 5.41. The highest BCUT2D eigenvalue weighted by Gasteiger charge is 2.07. The maximum Gasteiger partial charge on any atom is 0.0627 e. The fourth-order valence-electron chi connectivity index (χ4n) is 1.36. The first-order valence-electron chi connectivity index (χ1n) is 5.41. The Bertz CT molecular complexity index is 267. The minimum Gasteiger partial charge on any atom is -0.330 e. The van der Waals surface area contributed by atoms with E-state index in [0.717, 1.165) is 25.1 Å². The van der Waals surface area contributed by atoms with Crippen LogP contribution >= 0.6 is 0 Å². The first-order chi connectivity index (χ1) is 6.67. The third-order valence-electron chi connectivity index (χ3n) is 2.67. The van der Waals surface area contributed by atoms with Crippen molar-refractivity contribution in [2.45, 2.75) is 39.7 Å². The van der Waals surface area contributed by atoms with Crippen LogP contribution in [0.25, 0.3) is 0 Å². The van der Waals surface area contributed by atoms with Gasteiger partial charge in [-0.1, -0.05) is 13.8 Å². The molecule has 1 heterocycles. The second-order valence-electron chi connectivity index (χ2n) is 4.09. The molecule has 0 aliphatic rings. The van der Waals surface area contributed by atoms with Crippen molar-refractivity contribution in [1.82, 2.24) is 9.78 Å². The molecule has 3 nitrogen and oxygen atoms in total. The molecule has 0 bridgehead atoms. The Balaban J connectivity index is 2.59. The van der Waals surface area contributed by atoms with Crippen LogP contribution in [0.5, 0.6) is 0 Å². The van der Waals surface area contributed by atoms with Crippen LogP contribution < -0.4 is 5.73 Å². The molecule has 0 saturated carbocycles. The summed E-state index contributed by atoms with van der Waals surface area (Å²) in [7, 11) is 0. The SMILES string of the molecule is CCC(C)n1ccc(CC(C)CN)n1. The lowest BCUT2D eigenvalue weighted by Crippen LogP contribution is -2.14. The summed E-state index contributed by atoms with van der Waals surface area (Å²) in [4.78, 5) is 0. The minimum absolute atomic E-state index is 0.497. The van der Waals surface area contributed by atoms with Gasteiger partial charge in [0.1, 0.15) is 0 Å². The summed E-state index contributed by atoms with van der Waals surface area (Å²) >= 11 is 0. The number of hydrogen-bond acceptors (Lipinski definition) is 2. The van der Waals surface area contributed by atoms with Gasteiger partial charge in [0.2, 0.25) is 0 Å². The number of hydrogen-bond donors (Lipinski definition) is 1. The Hall–Kier alpha value is -0.830. The zero-order valence-corrected chi connectivity index (χ0v) is 9.40. The highest BCUT2D eigenvalue weighted by atomic mass is 15.3. The molecule has 2 unspecified atom stereocenters. The number of nitrogens with zero attached hydrogens (tertiary/aromatic N) is 2. The monoisotopic (exact) mass is 195 g/mol. The second-order valence-corrected chi connectivity index (χ2v) is 4.09. The van der Waals surface area contributed by atoms with Crippen LogP contribution in [0.3, 0.4) is 0 Å². The van der Waals surface area contributed by atoms with Gasteiger partial charge in [-0.3, -0.25) is 4.68 Å². The molecule has 0 amide bonds. The number of rotatable bonds is 5. The van der Waals surface area contributed by atoms with Crippen molar-refractivity contribution in [2.75, 3.05) is 6.54 Å². The lowest BCUT2D eigenvalue weighted by Gasteiger charge is -2.09. The second kappa shape index (κ2) is 5.15. The number of aromatic nitrogens is 2. The molecule has 2 atom stereocenters. The highest BCUT2D eigenvalue weighted by Crippen LogP contribution is 2.11. The summed E-state index contributed by atoms with van der Waals surface area (Å²) < 4.78 is 2.04. The summed E-state index contributed by atoms with van der Waals surface area (Å²) in [5.74, 6) is 0.523. The van der Waals surface area contributed by atoms with E-state index in [2.05, 4.69) is 38.1 Å². The van der Waals surface area contributed by atoms with Crippen molar-refractivity contribution in [3.8, 4) is 0 Å². The van der Waals surface area contributed by atoms with E-state index in [1.807, 2.05) is 4.68 Å². The zero-order valence-electron chi connectivity index (χ0n) is 9.40. The Morgan fingerprint density at radius 1 is 1.50 bits per heavy atom. The molecule has 2 N–H and O–H groups in total. The summed E-state index contributed by atoms with van der Waals surface area (Å²) in [5, 5.41) is 4.53. The predicted molar refractivity (Wildman–Crippen MR) is 59.2 cm³/mol. The van der Waals surface area contributed by atoms with E-state index in [-0.39, 0.29) is 0 Å². The van der Waals surface area contributed by atoms with E-state index in [0.29, 0.717) is 12.0 Å². The van der Waals surface area contributed by atoms with E-state index in [4.69, 9.17) is 5.73 Å². The predicted octanol–water partition coefficient (Wildman–Crippen LogP) is 1.99. The van der Waals surface area contributed by atoms with Crippen LogP contribution in [-0.4, -0.2) is 16.3 Å². The van der Waals surface area contributed by atoms with Crippen molar-refractivity contribution in [3.05, 3.63) is 18.0 Å². The molecule has 0 aromatic carbocycles. The zero-order chi connectivity index (χ0) is 10.6. The van der Waals surface area contributed by atoms with Gasteiger partial charge in [0.15, 0.2) is 0 Å². The molecule has 80 valence electrons. The van der Waals surface area contributed by atoms with Gasteiger partial charge in [-0.15, -0.1) is 0 Å². The van der Waals surface area contributed by atoms with Gasteiger partial charge in [0.05, 0.1) is 5.69 Å². The molecule has 0 radical (unpaired) electrons. The molecule has 0 saturated heterocycles. The molecule has 0 spiro atoms. The van der Waals surface area contributed by atoms with Gasteiger partial charge >= 0.3 is 0 Å². The summed E-state index contributed by atoms with van der Waals surface area (Å²) in [6.45, 7) is 7.25. The van der Waals surface area contributed by atoms with Gasteiger partial charge in [0.25, 0.3) is 0 Å². The maximum absolute atomic E-state index is 5.58. The summed E-state index contributed by atoms with van der Waals surface area (Å²) in [6.07, 6.45) is 4.17. The first kappa shape index (κ1) is 11.2. The molecule has 1 aromatic rings. The standard InChI is InChI=1S/C11H21N3/c1-4-10(3)14-6-5-11(13-14)7-9(2)8-12/h5-6,9-10H,4,7-8,12H2,1-3H3. The Morgan fingerprint density at radius 2 is 2.21 bits per heavy atom.